The van der Waals surface area contributed by atoms with E-state index in [2.05, 4.69) is 15.4 Å². The van der Waals surface area contributed by atoms with Crippen LogP contribution in [0, 0.1) is 12.3 Å². The van der Waals surface area contributed by atoms with Gasteiger partial charge in [0.25, 0.3) is 0 Å². The number of benzene rings is 1. The van der Waals surface area contributed by atoms with Gasteiger partial charge < -0.3 is 10.1 Å². The van der Waals surface area contributed by atoms with Crippen molar-refractivity contribution in [3.05, 3.63) is 41.4 Å². The molecule has 142 valence electrons. The van der Waals surface area contributed by atoms with E-state index in [9.17, 15) is 4.79 Å². The molecule has 0 spiro atoms. The van der Waals surface area contributed by atoms with E-state index in [0.717, 1.165) is 22.7 Å². The fraction of sp³-hybridized carbons (Fsp3) is 0.350. The zero-order chi connectivity index (χ0) is 19.6. The molecule has 0 unspecified atom stereocenters. The Balaban J connectivity index is 1.85. The van der Waals surface area contributed by atoms with Crippen LogP contribution in [0.15, 0.2) is 35.7 Å². The number of carbonyl (C=O) groups excluding carboxylic acids is 1. The van der Waals surface area contributed by atoms with Gasteiger partial charge in [-0.2, -0.15) is 9.78 Å². The minimum Gasteiger partial charge on any atom is -0.497 e. The second-order valence-electron chi connectivity index (χ2n) is 7.61. The second kappa shape index (κ2) is 7.52. The number of ether oxygens (including phenoxy) is 1. The van der Waals surface area contributed by atoms with Gasteiger partial charge in [0.2, 0.25) is 11.0 Å². The van der Waals surface area contributed by atoms with E-state index in [4.69, 9.17) is 4.74 Å². The van der Waals surface area contributed by atoms with Crippen molar-refractivity contribution >= 4 is 23.1 Å². The highest BCUT2D eigenvalue weighted by molar-refractivity contribution is 7.12. The molecule has 1 aromatic carbocycles. The summed E-state index contributed by atoms with van der Waals surface area (Å²) in [5, 5.41) is 10.1. The Morgan fingerprint density at radius 1 is 1.26 bits per heavy atom. The molecule has 3 rings (SSSR count). The highest BCUT2D eigenvalue weighted by Crippen LogP contribution is 2.28. The number of rotatable bonds is 5. The molecule has 1 N–H and O–H groups in total. The third-order valence-corrected chi connectivity index (χ3v) is 4.67. The standard InChI is InChI=1S/C20H24N4O2S/c1-13-10-17(22-18(25)11-20(2,3)4)24(23-13)19-21-16(12-27-19)14-6-8-15(26-5)9-7-14/h6-10,12H,11H2,1-5H3,(H,22,25). The van der Waals surface area contributed by atoms with Gasteiger partial charge in [0.1, 0.15) is 11.6 Å². The Kier molecular flexibility index (Phi) is 5.32. The fourth-order valence-corrected chi connectivity index (χ4v) is 3.45. The van der Waals surface area contributed by atoms with Gasteiger partial charge in [-0.3, -0.25) is 4.79 Å². The first kappa shape index (κ1) is 19.1. The van der Waals surface area contributed by atoms with Gasteiger partial charge in [-0.15, -0.1) is 11.3 Å². The van der Waals surface area contributed by atoms with Crippen LogP contribution in [0.1, 0.15) is 32.9 Å². The molecule has 27 heavy (non-hydrogen) atoms. The average molecular weight is 385 g/mol. The van der Waals surface area contributed by atoms with E-state index in [-0.39, 0.29) is 11.3 Å². The van der Waals surface area contributed by atoms with Gasteiger partial charge in [-0.1, -0.05) is 20.8 Å². The molecule has 0 aliphatic rings. The Labute approximate surface area is 163 Å². The number of amides is 1. The number of anilines is 1. The Bertz CT molecular complexity index is 936. The van der Waals surface area contributed by atoms with E-state index in [1.807, 2.05) is 63.4 Å². The van der Waals surface area contributed by atoms with Gasteiger partial charge in [0, 0.05) is 23.4 Å². The topological polar surface area (TPSA) is 69.0 Å². The zero-order valence-corrected chi connectivity index (χ0v) is 17.1. The van der Waals surface area contributed by atoms with Crippen molar-refractivity contribution in [2.45, 2.75) is 34.1 Å². The molecule has 0 aliphatic heterocycles. The van der Waals surface area contributed by atoms with Crippen molar-refractivity contribution in [1.29, 1.82) is 0 Å². The van der Waals surface area contributed by atoms with Gasteiger partial charge in [-0.05, 0) is 36.6 Å². The minimum atomic E-state index is -0.0767. The van der Waals surface area contributed by atoms with Gasteiger partial charge in [-0.25, -0.2) is 4.98 Å². The van der Waals surface area contributed by atoms with Gasteiger partial charge in [0.05, 0.1) is 18.5 Å². The van der Waals surface area contributed by atoms with Crippen LogP contribution >= 0.6 is 11.3 Å². The maximum atomic E-state index is 12.3. The lowest BCUT2D eigenvalue weighted by molar-refractivity contribution is -0.117. The molecule has 6 nitrogen and oxygen atoms in total. The van der Waals surface area contributed by atoms with Gasteiger partial charge >= 0.3 is 0 Å². The molecule has 0 fully saturated rings. The van der Waals surface area contributed by atoms with Crippen molar-refractivity contribution in [3.63, 3.8) is 0 Å². The van der Waals surface area contributed by atoms with Crippen molar-refractivity contribution in [2.75, 3.05) is 12.4 Å². The van der Waals surface area contributed by atoms with Crippen molar-refractivity contribution in [1.82, 2.24) is 14.8 Å². The molecule has 0 saturated heterocycles. The molecule has 1 amide bonds. The number of aromatic nitrogens is 3. The normalized spacial score (nSPS) is 11.4. The van der Waals surface area contributed by atoms with Crippen LogP contribution in [0.5, 0.6) is 5.75 Å². The fourth-order valence-electron chi connectivity index (χ4n) is 2.66. The lowest BCUT2D eigenvalue weighted by atomic mass is 9.92. The van der Waals surface area contributed by atoms with Crippen LogP contribution in [-0.4, -0.2) is 27.8 Å². The molecule has 2 aromatic heterocycles. The van der Waals surface area contributed by atoms with E-state index in [1.54, 1.807) is 11.8 Å². The maximum absolute atomic E-state index is 12.3. The first-order valence-corrected chi connectivity index (χ1v) is 9.60. The molecule has 0 saturated carbocycles. The lowest BCUT2D eigenvalue weighted by Crippen LogP contribution is -2.21. The molecule has 7 heteroatoms. The van der Waals surface area contributed by atoms with Crippen LogP contribution in [0.25, 0.3) is 16.4 Å². The Morgan fingerprint density at radius 2 is 1.96 bits per heavy atom. The summed E-state index contributed by atoms with van der Waals surface area (Å²) >= 11 is 1.48. The average Bonchev–Trinajstić information content (AvgIpc) is 3.20. The van der Waals surface area contributed by atoms with Crippen LogP contribution < -0.4 is 10.1 Å². The molecule has 3 aromatic rings. The highest BCUT2D eigenvalue weighted by atomic mass is 32.1. The van der Waals surface area contributed by atoms with Gasteiger partial charge in [0.15, 0.2) is 0 Å². The minimum absolute atomic E-state index is 0.0319. The van der Waals surface area contributed by atoms with Crippen LogP contribution in [0.2, 0.25) is 0 Å². The third-order valence-electron chi connectivity index (χ3n) is 3.85. The van der Waals surface area contributed by atoms with E-state index < -0.39 is 0 Å². The summed E-state index contributed by atoms with van der Waals surface area (Å²) < 4.78 is 6.89. The Morgan fingerprint density at radius 3 is 2.59 bits per heavy atom. The van der Waals surface area contributed by atoms with Crippen molar-refractivity contribution < 1.29 is 9.53 Å². The quantitative estimate of drug-likeness (QED) is 0.693. The van der Waals surface area contributed by atoms with E-state index in [0.29, 0.717) is 17.4 Å². The molecule has 0 radical (unpaired) electrons. The number of methoxy groups -OCH3 is 1. The number of hydrogen-bond donors (Lipinski definition) is 1. The molecule has 2 heterocycles. The third kappa shape index (κ3) is 4.74. The van der Waals surface area contributed by atoms with E-state index >= 15 is 0 Å². The molecule has 0 aliphatic carbocycles. The highest BCUT2D eigenvalue weighted by Gasteiger charge is 2.19. The largest absolute Gasteiger partial charge is 0.497 e. The molecular formula is C20H24N4O2S. The summed E-state index contributed by atoms with van der Waals surface area (Å²) in [7, 11) is 1.64. The number of nitrogens with zero attached hydrogens (tertiary/aromatic N) is 3. The van der Waals surface area contributed by atoms with Crippen molar-refractivity contribution in [2.24, 2.45) is 5.41 Å². The SMILES string of the molecule is COc1ccc(-c2csc(-n3nc(C)cc3NC(=O)CC(C)(C)C)n2)cc1. The van der Waals surface area contributed by atoms with Crippen LogP contribution in [-0.2, 0) is 4.79 Å². The summed E-state index contributed by atoms with van der Waals surface area (Å²) in [6.45, 7) is 8.01. The smallest absolute Gasteiger partial charge is 0.226 e. The second-order valence-corrected chi connectivity index (χ2v) is 8.45. The lowest BCUT2D eigenvalue weighted by Gasteiger charge is -2.17. The number of hydrogen-bond acceptors (Lipinski definition) is 5. The van der Waals surface area contributed by atoms with Crippen LogP contribution in [0.4, 0.5) is 5.82 Å². The number of nitrogens with one attached hydrogen (secondary N) is 1. The van der Waals surface area contributed by atoms with Crippen molar-refractivity contribution in [3.8, 4) is 22.1 Å². The number of carbonyl (C=O) groups is 1. The summed E-state index contributed by atoms with van der Waals surface area (Å²) in [4.78, 5) is 17.0. The summed E-state index contributed by atoms with van der Waals surface area (Å²) in [5.74, 6) is 1.41. The summed E-state index contributed by atoms with van der Waals surface area (Å²) in [5.41, 5.74) is 2.60. The zero-order valence-electron chi connectivity index (χ0n) is 16.2. The van der Waals surface area contributed by atoms with Crippen LogP contribution in [0.3, 0.4) is 0 Å². The first-order chi connectivity index (χ1) is 12.7. The predicted octanol–water partition coefficient (Wildman–Crippen LogP) is 4.69. The first-order valence-electron chi connectivity index (χ1n) is 8.72. The molecule has 0 bridgehead atoms. The maximum Gasteiger partial charge on any atom is 0.226 e. The summed E-state index contributed by atoms with van der Waals surface area (Å²) in [6.07, 6.45) is 0.437. The number of thiazole rings is 1. The predicted molar refractivity (Wildman–Crippen MR) is 109 cm³/mol. The number of aryl methyl sites for hydroxylation is 1. The Hall–Kier alpha value is -2.67. The monoisotopic (exact) mass is 384 g/mol. The van der Waals surface area contributed by atoms with E-state index in [1.165, 1.54) is 11.3 Å². The summed E-state index contributed by atoms with van der Waals surface area (Å²) in [6, 6.07) is 9.61. The molecular weight excluding hydrogens is 360 g/mol. The molecule has 0 atom stereocenters.